The Morgan fingerprint density at radius 2 is 2.25 bits per heavy atom. The quantitative estimate of drug-likeness (QED) is 0.878. The lowest BCUT2D eigenvalue weighted by atomic mass is 9.91. The molecule has 1 aromatic carbocycles. The van der Waals surface area contributed by atoms with Crippen LogP contribution in [-0.2, 0) is 13.6 Å². The Hall–Kier alpha value is -2.05. The van der Waals surface area contributed by atoms with Crippen LogP contribution in [-0.4, -0.2) is 44.9 Å². The van der Waals surface area contributed by atoms with Gasteiger partial charge in [0, 0.05) is 44.0 Å². The van der Waals surface area contributed by atoms with Crippen LogP contribution in [0, 0.1) is 5.92 Å². The smallest absolute Gasteiger partial charge is 0.162 e. The number of piperidine rings is 1. The van der Waals surface area contributed by atoms with Gasteiger partial charge in [0.1, 0.15) is 11.9 Å². The molecular weight excluding hydrogens is 306 g/mol. The van der Waals surface area contributed by atoms with E-state index >= 15 is 0 Å². The topological polar surface area (TPSA) is 70.8 Å². The largest absolute Gasteiger partial charge is 0.504 e. The lowest BCUT2D eigenvalue weighted by Crippen LogP contribution is -2.37. The van der Waals surface area contributed by atoms with Gasteiger partial charge in [-0.05, 0) is 25.5 Å². The van der Waals surface area contributed by atoms with Crippen molar-refractivity contribution >= 4 is 0 Å². The molecule has 2 heterocycles. The van der Waals surface area contributed by atoms with Crippen LogP contribution in [0.25, 0.3) is 0 Å². The van der Waals surface area contributed by atoms with Gasteiger partial charge in [-0.2, -0.15) is 0 Å². The highest BCUT2D eigenvalue weighted by Gasteiger charge is 2.29. The van der Waals surface area contributed by atoms with Crippen molar-refractivity contribution in [2.45, 2.75) is 25.5 Å². The molecule has 2 N–H and O–H groups in total. The highest BCUT2D eigenvalue weighted by atomic mass is 16.5. The fraction of sp³-hybridized carbons (Fsp3) is 0.500. The number of hydrogen-bond donors (Lipinski definition) is 2. The standard InChI is InChI=1S/C18H25N3O3/c1-20-10-8-19-18(20)17(23)14-6-4-9-21(12-14)11-13-5-3-7-15(24-2)16(13)22/h3,5,7-8,10,14,17,22-23H,4,6,9,11-12H2,1-2H3. The number of imidazole rings is 1. The first-order valence-corrected chi connectivity index (χ1v) is 8.32. The predicted octanol–water partition coefficient (Wildman–Crippen LogP) is 2.08. The minimum atomic E-state index is -0.563. The van der Waals surface area contributed by atoms with Gasteiger partial charge in [0.25, 0.3) is 0 Å². The maximum absolute atomic E-state index is 10.7. The number of rotatable bonds is 5. The fourth-order valence-corrected chi connectivity index (χ4v) is 3.47. The number of methoxy groups -OCH3 is 1. The molecule has 1 aliphatic rings. The summed E-state index contributed by atoms with van der Waals surface area (Å²) in [5.41, 5.74) is 0.849. The number of para-hydroxylation sites is 1. The number of phenolic OH excluding ortho intramolecular Hbond substituents is 1. The summed E-state index contributed by atoms with van der Waals surface area (Å²) in [4.78, 5) is 6.55. The number of likely N-dealkylation sites (tertiary alicyclic amines) is 1. The molecular formula is C18H25N3O3. The van der Waals surface area contributed by atoms with Gasteiger partial charge >= 0.3 is 0 Å². The van der Waals surface area contributed by atoms with E-state index < -0.39 is 6.10 Å². The van der Waals surface area contributed by atoms with E-state index in [0.29, 0.717) is 18.1 Å². The molecule has 24 heavy (non-hydrogen) atoms. The first-order chi connectivity index (χ1) is 11.6. The van der Waals surface area contributed by atoms with Crippen molar-refractivity contribution in [3.8, 4) is 11.5 Å². The molecule has 6 heteroatoms. The Morgan fingerprint density at radius 1 is 1.42 bits per heavy atom. The van der Waals surface area contributed by atoms with Gasteiger partial charge in [0.2, 0.25) is 0 Å². The molecule has 3 rings (SSSR count). The summed E-state index contributed by atoms with van der Waals surface area (Å²) in [5, 5.41) is 20.9. The number of aromatic hydroxyl groups is 1. The number of aliphatic hydroxyl groups excluding tert-OH is 1. The number of hydrogen-bond acceptors (Lipinski definition) is 5. The molecule has 2 aromatic rings. The third-order valence-electron chi connectivity index (χ3n) is 4.81. The number of aromatic nitrogens is 2. The van der Waals surface area contributed by atoms with E-state index in [1.54, 1.807) is 19.4 Å². The monoisotopic (exact) mass is 331 g/mol. The van der Waals surface area contributed by atoms with E-state index in [1.807, 2.05) is 29.9 Å². The van der Waals surface area contributed by atoms with Gasteiger partial charge in [-0.25, -0.2) is 4.98 Å². The van der Waals surface area contributed by atoms with Crippen LogP contribution in [0.4, 0.5) is 0 Å². The second kappa shape index (κ2) is 7.23. The zero-order chi connectivity index (χ0) is 17.1. The fourth-order valence-electron chi connectivity index (χ4n) is 3.47. The van der Waals surface area contributed by atoms with Gasteiger partial charge in [-0.3, -0.25) is 4.90 Å². The van der Waals surface area contributed by atoms with Gasteiger partial charge in [0.05, 0.1) is 7.11 Å². The lowest BCUT2D eigenvalue weighted by Gasteiger charge is -2.35. The summed E-state index contributed by atoms with van der Waals surface area (Å²) >= 11 is 0. The Morgan fingerprint density at radius 3 is 2.96 bits per heavy atom. The molecule has 0 aliphatic carbocycles. The number of nitrogens with zero attached hydrogens (tertiary/aromatic N) is 3. The molecule has 1 saturated heterocycles. The van der Waals surface area contributed by atoms with Gasteiger partial charge in [-0.1, -0.05) is 12.1 Å². The number of benzene rings is 1. The first kappa shape index (κ1) is 16.8. The molecule has 0 bridgehead atoms. The van der Waals surface area contributed by atoms with Crippen LogP contribution >= 0.6 is 0 Å². The highest BCUT2D eigenvalue weighted by molar-refractivity contribution is 5.45. The van der Waals surface area contributed by atoms with E-state index in [0.717, 1.165) is 31.5 Å². The number of aryl methyl sites for hydroxylation is 1. The summed E-state index contributed by atoms with van der Waals surface area (Å²) in [7, 11) is 3.46. The summed E-state index contributed by atoms with van der Waals surface area (Å²) in [6.07, 6.45) is 5.01. The zero-order valence-electron chi connectivity index (χ0n) is 14.2. The normalized spacial score (nSPS) is 20.0. The average Bonchev–Trinajstić information content (AvgIpc) is 3.02. The van der Waals surface area contributed by atoms with Crippen molar-refractivity contribution in [3.63, 3.8) is 0 Å². The molecule has 130 valence electrons. The molecule has 1 fully saturated rings. The summed E-state index contributed by atoms with van der Waals surface area (Å²) < 4.78 is 7.05. The molecule has 2 atom stereocenters. The summed E-state index contributed by atoms with van der Waals surface area (Å²) in [6, 6.07) is 5.55. The van der Waals surface area contributed by atoms with E-state index in [9.17, 15) is 10.2 Å². The van der Waals surface area contributed by atoms with E-state index in [2.05, 4.69) is 9.88 Å². The molecule has 1 aromatic heterocycles. The van der Waals surface area contributed by atoms with Crippen LogP contribution in [0.15, 0.2) is 30.6 Å². The van der Waals surface area contributed by atoms with E-state index in [4.69, 9.17) is 4.74 Å². The van der Waals surface area contributed by atoms with Crippen LogP contribution < -0.4 is 4.74 Å². The van der Waals surface area contributed by atoms with Gasteiger partial charge in [-0.15, -0.1) is 0 Å². The maximum atomic E-state index is 10.7. The molecule has 0 saturated carbocycles. The van der Waals surface area contributed by atoms with Crippen molar-refractivity contribution in [1.29, 1.82) is 0 Å². The summed E-state index contributed by atoms with van der Waals surface area (Å²) in [5.74, 6) is 1.56. The van der Waals surface area contributed by atoms with Crippen molar-refractivity contribution in [3.05, 3.63) is 42.0 Å². The Balaban J connectivity index is 1.69. The maximum Gasteiger partial charge on any atom is 0.162 e. The minimum absolute atomic E-state index is 0.146. The van der Waals surface area contributed by atoms with Crippen LogP contribution in [0.5, 0.6) is 11.5 Å². The van der Waals surface area contributed by atoms with Crippen molar-refractivity contribution in [2.75, 3.05) is 20.2 Å². The van der Waals surface area contributed by atoms with E-state index in [1.165, 1.54) is 0 Å². The molecule has 0 spiro atoms. The number of phenols is 1. The number of ether oxygens (including phenoxy) is 1. The van der Waals surface area contributed by atoms with Crippen molar-refractivity contribution < 1.29 is 14.9 Å². The highest BCUT2D eigenvalue weighted by Crippen LogP contribution is 2.33. The number of aliphatic hydroxyl groups is 1. The predicted molar refractivity (Wildman–Crippen MR) is 90.8 cm³/mol. The molecule has 6 nitrogen and oxygen atoms in total. The summed E-state index contributed by atoms with van der Waals surface area (Å²) in [6.45, 7) is 2.39. The third kappa shape index (κ3) is 3.39. The molecule has 1 aliphatic heterocycles. The van der Waals surface area contributed by atoms with Crippen LogP contribution in [0.3, 0.4) is 0 Å². The van der Waals surface area contributed by atoms with E-state index in [-0.39, 0.29) is 11.7 Å². The molecule has 0 radical (unpaired) electrons. The molecule has 2 unspecified atom stereocenters. The Labute approximate surface area is 142 Å². The van der Waals surface area contributed by atoms with Crippen LogP contribution in [0.2, 0.25) is 0 Å². The van der Waals surface area contributed by atoms with Crippen molar-refractivity contribution in [1.82, 2.24) is 14.5 Å². The Kier molecular flexibility index (Phi) is 5.06. The van der Waals surface area contributed by atoms with Gasteiger partial charge < -0.3 is 19.5 Å². The lowest BCUT2D eigenvalue weighted by molar-refractivity contribution is 0.0402. The average molecular weight is 331 g/mol. The third-order valence-corrected chi connectivity index (χ3v) is 4.81. The van der Waals surface area contributed by atoms with Crippen LogP contribution in [0.1, 0.15) is 30.3 Å². The second-order valence-electron chi connectivity index (χ2n) is 6.45. The molecule has 0 amide bonds. The van der Waals surface area contributed by atoms with Crippen molar-refractivity contribution in [2.24, 2.45) is 13.0 Å². The first-order valence-electron chi connectivity index (χ1n) is 8.32. The zero-order valence-corrected chi connectivity index (χ0v) is 14.2. The minimum Gasteiger partial charge on any atom is -0.504 e. The second-order valence-corrected chi connectivity index (χ2v) is 6.45. The van der Waals surface area contributed by atoms with Gasteiger partial charge in [0.15, 0.2) is 11.5 Å². The SMILES string of the molecule is COc1cccc(CN2CCCC(C(O)c3nccn3C)C2)c1O. The Bertz CT molecular complexity index is 686.